The van der Waals surface area contributed by atoms with Gasteiger partial charge in [-0.2, -0.15) is 0 Å². The molecule has 2 aromatic heterocycles. The SMILES string of the molecule is O=C(O)N1CCC[C@@H](Nc2nc(C3CCOCC3)nc(Cl)c2-c2nc3ccccc3s2)C1. The van der Waals surface area contributed by atoms with E-state index in [4.69, 9.17) is 26.3 Å². The van der Waals surface area contributed by atoms with E-state index < -0.39 is 6.09 Å². The summed E-state index contributed by atoms with van der Waals surface area (Å²) in [5.74, 6) is 1.52. The third kappa shape index (κ3) is 4.37. The largest absolute Gasteiger partial charge is 0.465 e. The van der Waals surface area contributed by atoms with E-state index in [9.17, 15) is 9.90 Å². The zero-order chi connectivity index (χ0) is 22.1. The Hall–Kier alpha value is -2.49. The molecule has 2 saturated heterocycles. The van der Waals surface area contributed by atoms with E-state index in [2.05, 4.69) is 10.3 Å². The predicted octanol–water partition coefficient (Wildman–Crippen LogP) is 4.86. The molecule has 1 aromatic carbocycles. The summed E-state index contributed by atoms with van der Waals surface area (Å²) in [7, 11) is 0. The number of rotatable bonds is 4. The maximum absolute atomic E-state index is 11.5. The molecular weight excluding hydrogens is 450 g/mol. The van der Waals surface area contributed by atoms with Crippen molar-refractivity contribution in [2.75, 3.05) is 31.6 Å². The van der Waals surface area contributed by atoms with Gasteiger partial charge in [0.05, 0.1) is 15.8 Å². The van der Waals surface area contributed by atoms with Crippen LogP contribution in [-0.4, -0.2) is 63.4 Å². The van der Waals surface area contributed by atoms with Gasteiger partial charge in [-0.15, -0.1) is 11.3 Å². The molecule has 0 radical (unpaired) electrons. The quantitative estimate of drug-likeness (QED) is 0.522. The van der Waals surface area contributed by atoms with Crippen molar-refractivity contribution in [3.63, 3.8) is 0 Å². The molecular formula is C22H24ClN5O3S. The Kier molecular flexibility index (Phi) is 6.12. The number of thiazole rings is 1. The Labute approximate surface area is 194 Å². The highest BCUT2D eigenvalue weighted by molar-refractivity contribution is 7.21. The number of halogens is 1. The zero-order valence-electron chi connectivity index (χ0n) is 17.5. The zero-order valence-corrected chi connectivity index (χ0v) is 19.0. The number of nitrogens with one attached hydrogen (secondary N) is 1. The Bertz CT molecular complexity index is 1100. The summed E-state index contributed by atoms with van der Waals surface area (Å²) >= 11 is 8.30. The monoisotopic (exact) mass is 473 g/mol. The van der Waals surface area contributed by atoms with Crippen LogP contribution in [0.1, 0.15) is 37.4 Å². The number of para-hydroxylation sites is 1. The highest BCUT2D eigenvalue weighted by atomic mass is 35.5. The summed E-state index contributed by atoms with van der Waals surface area (Å²) in [6, 6.07) is 7.89. The van der Waals surface area contributed by atoms with Crippen LogP contribution in [0.15, 0.2) is 24.3 Å². The summed E-state index contributed by atoms with van der Waals surface area (Å²) in [6.07, 6.45) is 2.47. The molecule has 168 valence electrons. The summed E-state index contributed by atoms with van der Waals surface area (Å²) in [6.45, 7) is 2.33. The molecule has 2 aliphatic heterocycles. The number of hydrogen-bond donors (Lipinski definition) is 2. The number of carbonyl (C=O) groups is 1. The van der Waals surface area contributed by atoms with E-state index in [1.807, 2.05) is 24.3 Å². The molecule has 0 unspecified atom stereocenters. The summed E-state index contributed by atoms with van der Waals surface area (Å²) < 4.78 is 6.55. The summed E-state index contributed by atoms with van der Waals surface area (Å²) in [4.78, 5) is 27.3. The van der Waals surface area contributed by atoms with Crippen molar-refractivity contribution < 1.29 is 14.6 Å². The number of aromatic nitrogens is 3. The Morgan fingerprint density at radius 3 is 2.78 bits per heavy atom. The number of amides is 1. The molecule has 0 saturated carbocycles. The van der Waals surface area contributed by atoms with Gasteiger partial charge in [-0.1, -0.05) is 23.7 Å². The van der Waals surface area contributed by atoms with Gasteiger partial charge in [0.1, 0.15) is 21.8 Å². The molecule has 0 bridgehead atoms. The highest BCUT2D eigenvalue weighted by Crippen LogP contribution is 2.39. The molecule has 2 aliphatic rings. The van der Waals surface area contributed by atoms with Gasteiger partial charge in [0.2, 0.25) is 0 Å². The van der Waals surface area contributed by atoms with Crippen LogP contribution >= 0.6 is 22.9 Å². The summed E-state index contributed by atoms with van der Waals surface area (Å²) in [5, 5.41) is 14.0. The molecule has 0 spiro atoms. The summed E-state index contributed by atoms with van der Waals surface area (Å²) in [5.41, 5.74) is 1.58. The van der Waals surface area contributed by atoms with E-state index in [0.29, 0.717) is 48.7 Å². The van der Waals surface area contributed by atoms with Gasteiger partial charge in [0, 0.05) is 38.3 Å². The van der Waals surface area contributed by atoms with Crippen LogP contribution in [0.25, 0.3) is 20.8 Å². The lowest BCUT2D eigenvalue weighted by atomic mass is 9.99. The van der Waals surface area contributed by atoms with Crippen LogP contribution in [0.2, 0.25) is 5.15 Å². The number of hydrogen-bond acceptors (Lipinski definition) is 7. The number of carboxylic acid groups (broad SMARTS) is 1. The average Bonchev–Trinajstić information content (AvgIpc) is 3.23. The van der Waals surface area contributed by atoms with Gasteiger partial charge >= 0.3 is 6.09 Å². The smallest absolute Gasteiger partial charge is 0.407 e. The maximum atomic E-state index is 11.5. The van der Waals surface area contributed by atoms with Crippen molar-refractivity contribution in [2.45, 2.75) is 37.6 Å². The van der Waals surface area contributed by atoms with Crippen LogP contribution < -0.4 is 5.32 Å². The lowest BCUT2D eigenvalue weighted by Crippen LogP contribution is -2.44. The molecule has 4 heterocycles. The lowest BCUT2D eigenvalue weighted by Gasteiger charge is -2.32. The second-order valence-corrected chi connectivity index (χ2v) is 9.57. The molecule has 2 N–H and O–H groups in total. The van der Waals surface area contributed by atoms with E-state index in [1.54, 1.807) is 11.3 Å². The molecule has 3 aromatic rings. The van der Waals surface area contributed by atoms with Crippen molar-refractivity contribution >= 4 is 45.1 Å². The van der Waals surface area contributed by atoms with Crippen molar-refractivity contribution in [1.82, 2.24) is 19.9 Å². The van der Waals surface area contributed by atoms with Gasteiger partial charge in [-0.3, -0.25) is 0 Å². The first-order chi connectivity index (χ1) is 15.6. The van der Waals surface area contributed by atoms with E-state index >= 15 is 0 Å². The van der Waals surface area contributed by atoms with Crippen molar-refractivity contribution in [3.8, 4) is 10.6 Å². The second kappa shape index (κ2) is 9.17. The number of anilines is 1. The van der Waals surface area contributed by atoms with E-state index in [0.717, 1.165) is 40.9 Å². The molecule has 10 heteroatoms. The second-order valence-electron chi connectivity index (χ2n) is 8.18. The van der Waals surface area contributed by atoms with Crippen molar-refractivity contribution in [1.29, 1.82) is 0 Å². The third-order valence-electron chi connectivity index (χ3n) is 6.01. The fourth-order valence-corrected chi connectivity index (χ4v) is 5.66. The molecule has 8 nitrogen and oxygen atoms in total. The fraction of sp³-hybridized carbons (Fsp3) is 0.455. The Balaban J connectivity index is 1.54. The molecule has 32 heavy (non-hydrogen) atoms. The van der Waals surface area contributed by atoms with Gasteiger partial charge in [-0.05, 0) is 37.8 Å². The minimum absolute atomic E-state index is 0.0542. The minimum atomic E-state index is -0.897. The number of ether oxygens (including phenoxy) is 1. The number of likely N-dealkylation sites (tertiary alicyclic amines) is 1. The van der Waals surface area contributed by atoms with Crippen LogP contribution in [0.3, 0.4) is 0 Å². The van der Waals surface area contributed by atoms with Gasteiger partial charge in [0.15, 0.2) is 0 Å². The normalized spacial score (nSPS) is 19.9. The first-order valence-corrected chi connectivity index (χ1v) is 12.0. The molecule has 1 amide bonds. The molecule has 0 aliphatic carbocycles. The number of nitrogens with zero attached hydrogens (tertiary/aromatic N) is 4. The third-order valence-corrected chi connectivity index (χ3v) is 7.34. The first-order valence-electron chi connectivity index (χ1n) is 10.8. The molecule has 2 fully saturated rings. The van der Waals surface area contributed by atoms with Gasteiger partial charge < -0.3 is 20.1 Å². The maximum Gasteiger partial charge on any atom is 0.407 e. The fourth-order valence-electron chi connectivity index (χ4n) is 4.32. The number of piperidine rings is 1. The van der Waals surface area contributed by atoms with E-state index in [1.165, 1.54) is 4.90 Å². The van der Waals surface area contributed by atoms with Crippen LogP contribution in [-0.2, 0) is 4.74 Å². The highest BCUT2D eigenvalue weighted by Gasteiger charge is 2.28. The predicted molar refractivity (Wildman–Crippen MR) is 125 cm³/mol. The topological polar surface area (TPSA) is 100 Å². The van der Waals surface area contributed by atoms with Crippen molar-refractivity contribution in [3.05, 3.63) is 35.2 Å². The van der Waals surface area contributed by atoms with Gasteiger partial charge in [0.25, 0.3) is 0 Å². The molecule has 1 atom stereocenters. The molecule has 5 rings (SSSR count). The van der Waals surface area contributed by atoms with Crippen LogP contribution in [0.4, 0.5) is 10.6 Å². The Morgan fingerprint density at radius 2 is 2.00 bits per heavy atom. The van der Waals surface area contributed by atoms with Crippen LogP contribution in [0.5, 0.6) is 0 Å². The number of fused-ring (bicyclic) bond motifs is 1. The van der Waals surface area contributed by atoms with Crippen LogP contribution in [0, 0.1) is 0 Å². The lowest BCUT2D eigenvalue weighted by molar-refractivity contribution is 0.0836. The van der Waals surface area contributed by atoms with E-state index in [-0.39, 0.29) is 12.0 Å². The van der Waals surface area contributed by atoms with Crippen molar-refractivity contribution in [2.24, 2.45) is 0 Å². The number of benzene rings is 1. The van der Waals surface area contributed by atoms with Gasteiger partial charge in [-0.25, -0.2) is 19.7 Å². The Morgan fingerprint density at radius 1 is 1.19 bits per heavy atom. The minimum Gasteiger partial charge on any atom is -0.465 e. The first kappa shape index (κ1) is 21.4. The standard InChI is InChI=1S/C22H24ClN5O3S/c23-18-17(21-25-15-5-1-2-6-16(15)32-21)20(24-14-4-3-9-28(12-14)22(29)30)27-19(26-18)13-7-10-31-11-8-13/h1-2,5-6,13-14H,3-4,7-12H2,(H,29,30)(H,24,26,27)/t14-/m1/s1. The average molecular weight is 474 g/mol.